The largest absolute Gasteiger partial charge is 0.449 e. The van der Waals surface area contributed by atoms with Crippen LogP contribution in [0.4, 0.5) is 0 Å². The first-order valence-corrected chi connectivity index (χ1v) is 5.89. The first kappa shape index (κ1) is 17.3. The van der Waals surface area contributed by atoms with E-state index in [-0.39, 0.29) is 12.3 Å². The molecule has 8 heteroatoms. The Morgan fingerprint density at radius 3 is 1.95 bits per heavy atom. The van der Waals surface area contributed by atoms with E-state index in [0.717, 1.165) is 0 Å². The summed E-state index contributed by atoms with van der Waals surface area (Å²) in [6.45, 7) is 5.06. The van der Waals surface area contributed by atoms with Gasteiger partial charge in [-0.05, 0) is 12.3 Å². The molecular weight excluding hydrogens is 256 g/mol. The van der Waals surface area contributed by atoms with Gasteiger partial charge in [-0.25, -0.2) is 9.59 Å². The quantitative estimate of drug-likeness (QED) is 0.483. The van der Waals surface area contributed by atoms with Crippen molar-refractivity contribution in [2.45, 2.75) is 39.7 Å². The van der Waals surface area contributed by atoms with Crippen LogP contribution in [0.25, 0.3) is 0 Å². The van der Waals surface area contributed by atoms with Gasteiger partial charge in [-0.15, -0.1) is 0 Å². The molecule has 0 aliphatic carbocycles. The molecule has 0 heterocycles. The summed E-state index contributed by atoms with van der Waals surface area (Å²) in [4.78, 5) is 42.7. The van der Waals surface area contributed by atoms with E-state index in [9.17, 15) is 14.4 Å². The SMILES string of the molecule is CCCC(=O)OC(C(=O)ON)C(C(=O)ON)C(C)C. The Kier molecular flexibility index (Phi) is 7.69. The molecule has 2 atom stereocenters. The van der Waals surface area contributed by atoms with Gasteiger partial charge in [0.25, 0.3) is 0 Å². The molecule has 0 rings (SSSR count). The summed E-state index contributed by atoms with van der Waals surface area (Å²) < 4.78 is 4.94. The number of carbonyl (C=O) groups is 3. The molecule has 0 spiro atoms. The van der Waals surface area contributed by atoms with E-state index in [2.05, 4.69) is 9.68 Å². The van der Waals surface area contributed by atoms with E-state index in [0.29, 0.717) is 6.42 Å². The molecule has 0 amide bonds. The molecule has 0 aromatic carbocycles. The second kappa shape index (κ2) is 8.44. The zero-order valence-corrected chi connectivity index (χ0v) is 11.3. The highest BCUT2D eigenvalue weighted by atomic mass is 16.7. The van der Waals surface area contributed by atoms with Crippen molar-refractivity contribution in [1.82, 2.24) is 0 Å². The lowest BCUT2D eigenvalue weighted by molar-refractivity contribution is -0.180. The van der Waals surface area contributed by atoms with E-state index < -0.39 is 29.9 Å². The maximum absolute atomic E-state index is 11.6. The van der Waals surface area contributed by atoms with Gasteiger partial charge in [0.1, 0.15) is 5.92 Å². The van der Waals surface area contributed by atoms with E-state index in [1.54, 1.807) is 20.8 Å². The van der Waals surface area contributed by atoms with Crippen molar-refractivity contribution in [1.29, 1.82) is 0 Å². The number of ether oxygens (including phenoxy) is 1. The maximum Gasteiger partial charge on any atom is 0.366 e. The average Bonchev–Trinajstić information content (AvgIpc) is 2.36. The van der Waals surface area contributed by atoms with Crippen LogP contribution in [0.3, 0.4) is 0 Å². The average molecular weight is 276 g/mol. The molecular formula is C11H20N2O6. The van der Waals surface area contributed by atoms with Gasteiger partial charge >= 0.3 is 17.9 Å². The van der Waals surface area contributed by atoms with Crippen molar-refractivity contribution in [2.75, 3.05) is 0 Å². The first-order valence-electron chi connectivity index (χ1n) is 5.89. The fraction of sp³-hybridized carbons (Fsp3) is 0.727. The zero-order valence-electron chi connectivity index (χ0n) is 11.3. The van der Waals surface area contributed by atoms with Gasteiger partial charge in [-0.2, -0.15) is 11.8 Å². The normalized spacial score (nSPS) is 13.6. The molecule has 4 N–H and O–H groups in total. The predicted octanol–water partition coefficient (Wildman–Crippen LogP) is -0.196. The number of nitrogens with two attached hydrogens (primary N) is 2. The van der Waals surface area contributed by atoms with Crippen LogP contribution in [0.2, 0.25) is 0 Å². The summed E-state index contributed by atoms with van der Waals surface area (Å²) in [6, 6.07) is 0. The topological polar surface area (TPSA) is 131 Å². The van der Waals surface area contributed by atoms with Crippen LogP contribution < -0.4 is 11.8 Å². The Morgan fingerprint density at radius 1 is 1.05 bits per heavy atom. The molecule has 8 nitrogen and oxygen atoms in total. The Morgan fingerprint density at radius 2 is 1.58 bits per heavy atom. The molecule has 0 fully saturated rings. The highest BCUT2D eigenvalue weighted by molar-refractivity contribution is 5.86. The molecule has 0 aliphatic rings. The first-order chi connectivity index (χ1) is 8.88. The number of hydrogen-bond acceptors (Lipinski definition) is 8. The van der Waals surface area contributed by atoms with Crippen LogP contribution in [0.1, 0.15) is 33.6 Å². The highest BCUT2D eigenvalue weighted by Crippen LogP contribution is 2.21. The molecule has 0 aromatic rings. The minimum Gasteiger partial charge on any atom is -0.449 e. The number of rotatable bonds is 7. The molecule has 2 unspecified atom stereocenters. The fourth-order valence-corrected chi connectivity index (χ4v) is 1.56. The number of esters is 1. The van der Waals surface area contributed by atoms with Gasteiger partial charge in [0.05, 0.1) is 0 Å². The summed E-state index contributed by atoms with van der Waals surface area (Å²) >= 11 is 0. The van der Waals surface area contributed by atoms with Gasteiger partial charge < -0.3 is 14.4 Å². The third-order valence-corrected chi connectivity index (χ3v) is 2.49. The van der Waals surface area contributed by atoms with Crippen LogP contribution in [0, 0.1) is 11.8 Å². The van der Waals surface area contributed by atoms with E-state index in [1.807, 2.05) is 0 Å². The van der Waals surface area contributed by atoms with E-state index in [1.165, 1.54) is 0 Å². The van der Waals surface area contributed by atoms with Gasteiger partial charge in [-0.3, -0.25) is 4.79 Å². The molecule has 0 aromatic heterocycles. The predicted molar refractivity (Wildman–Crippen MR) is 63.7 cm³/mol. The summed E-state index contributed by atoms with van der Waals surface area (Å²) in [7, 11) is 0. The van der Waals surface area contributed by atoms with Crippen LogP contribution in [-0.2, 0) is 28.8 Å². The van der Waals surface area contributed by atoms with Crippen LogP contribution in [0.5, 0.6) is 0 Å². The number of hydrogen-bond donors (Lipinski definition) is 2. The molecule has 0 bridgehead atoms. The monoisotopic (exact) mass is 276 g/mol. The van der Waals surface area contributed by atoms with Crippen molar-refractivity contribution in [2.24, 2.45) is 23.6 Å². The van der Waals surface area contributed by atoms with Gasteiger partial charge in [0.2, 0.25) is 6.10 Å². The van der Waals surface area contributed by atoms with Crippen LogP contribution >= 0.6 is 0 Å². The Hall–Kier alpha value is -1.67. The van der Waals surface area contributed by atoms with E-state index in [4.69, 9.17) is 16.5 Å². The summed E-state index contributed by atoms with van der Waals surface area (Å²) in [6.07, 6.45) is -0.826. The Labute approximate surface area is 111 Å². The lowest BCUT2D eigenvalue weighted by Crippen LogP contribution is -2.44. The smallest absolute Gasteiger partial charge is 0.366 e. The van der Waals surface area contributed by atoms with Crippen molar-refractivity contribution in [3.05, 3.63) is 0 Å². The molecule has 110 valence electrons. The number of carbonyl (C=O) groups excluding carboxylic acids is 3. The third kappa shape index (κ3) is 5.23. The molecule has 0 aliphatic heterocycles. The van der Waals surface area contributed by atoms with Gasteiger partial charge in [0.15, 0.2) is 0 Å². The summed E-state index contributed by atoms with van der Waals surface area (Å²) in [5.41, 5.74) is 0. The molecule has 19 heavy (non-hydrogen) atoms. The van der Waals surface area contributed by atoms with Crippen LogP contribution in [0.15, 0.2) is 0 Å². The van der Waals surface area contributed by atoms with Crippen molar-refractivity contribution < 1.29 is 28.8 Å². The standard InChI is InChI=1S/C11H20N2O6/c1-4-5-7(14)17-9(11(16)19-13)8(6(2)3)10(15)18-12/h6,8-9H,4-5,12-13H2,1-3H3. The third-order valence-electron chi connectivity index (χ3n) is 2.49. The lowest BCUT2D eigenvalue weighted by atomic mass is 9.90. The molecule has 0 saturated carbocycles. The lowest BCUT2D eigenvalue weighted by Gasteiger charge is -2.25. The minimum absolute atomic E-state index is 0.108. The van der Waals surface area contributed by atoms with Gasteiger partial charge in [-0.1, -0.05) is 20.8 Å². The van der Waals surface area contributed by atoms with Crippen LogP contribution in [-0.4, -0.2) is 24.0 Å². The Balaban J connectivity index is 5.13. The zero-order chi connectivity index (χ0) is 15.0. The second-order valence-electron chi connectivity index (χ2n) is 4.30. The fourth-order valence-electron chi connectivity index (χ4n) is 1.56. The second-order valence-corrected chi connectivity index (χ2v) is 4.30. The highest BCUT2D eigenvalue weighted by Gasteiger charge is 2.41. The molecule has 0 saturated heterocycles. The van der Waals surface area contributed by atoms with E-state index >= 15 is 0 Å². The molecule has 0 radical (unpaired) electrons. The minimum atomic E-state index is -1.47. The van der Waals surface area contributed by atoms with Gasteiger partial charge in [0, 0.05) is 6.42 Å². The van der Waals surface area contributed by atoms with Crippen molar-refractivity contribution >= 4 is 17.9 Å². The summed E-state index contributed by atoms with van der Waals surface area (Å²) in [5, 5.41) is 0. The summed E-state index contributed by atoms with van der Waals surface area (Å²) in [5.74, 6) is 5.59. The maximum atomic E-state index is 11.6. The van der Waals surface area contributed by atoms with Crippen molar-refractivity contribution in [3.63, 3.8) is 0 Å². The Bertz CT molecular complexity index is 331. The van der Waals surface area contributed by atoms with Crippen molar-refractivity contribution in [3.8, 4) is 0 Å².